The quantitative estimate of drug-likeness (QED) is 0.528. The van der Waals surface area contributed by atoms with E-state index in [1.807, 2.05) is 13.8 Å². The van der Waals surface area contributed by atoms with E-state index in [4.69, 9.17) is 0 Å². The van der Waals surface area contributed by atoms with Crippen LogP contribution in [0.5, 0.6) is 0 Å². The van der Waals surface area contributed by atoms with Gasteiger partial charge in [0.15, 0.2) is 5.78 Å². The number of carbonyl (C=O) groups excluding carboxylic acids is 2. The average Bonchev–Trinajstić information content (AvgIpc) is 2.65. The van der Waals surface area contributed by atoms with Gasteiger partial charge in [-0.05, 0) is 45.7 Å². The van der Waals surface area contributed by atoms with Crippen molar-refractivity contribution < 1.29 is 18.0 Å². The molecule has 0 spiro atoms. The maximum Gasteiger partial charge on any atom is 0.243 e. The lowest BCUT2D eigenvalue weighted by Crippen LogP contribution is -2.53. The second-order valence-corrected chi connectivity index (χ2v) is 8.91. The summed E-state index contributed by atoms with van der Waals surface area (Å²) in [6.45, 7) is 10.3. The third-order valence-corrected chi connectivity index (χ3v) is 6.68. The molecule has 0 bridgehead atoms. The molecule has 0 aliphatic carbocycles. The van der Waals surface area contributed by atoms with Crippen LogP contribution in [0.2, 0.25) is 0 Å². The molecule has 1 saturated heterocycles. The maximum atomic E-state index is 13.2. The predicted octanol–water partition coefficient (Wildman–Crippen LogP) is 2.86. The Morgan fingerprint density at radius 1 is 1.19 bits per heavy atom. The standard InChI is InChI=1S/C20H28N2O4S/c1-5-21(14-15(2)3)20(24)19-8-6-7-13-22(19)27(25,26)18-11-9-17(10-12-18)16(4)23/h9-12,19H,2,5-8,13-14H2,1,3-4H3. The highest BCUT2D eigenvalue weighted by molar-refractivity contribution is 7.89. The summed E-state index contributed by atoms with van der Waals surface area (Å²) in [5.41, 5.74) is 1.31. The molecule has 27 heavy (non-hydrogen) atoms. The molecular formula is C20H28N2O4S. The normalized spacial score (nSPS) is 18.1. The third kappa shape index (κ3) is 4.84. The van der Waals surface area contributed by atoms with Crippen molar-refractivity contribution in [3.05, 3.63) is 42.0 Å². The number of likely N-dealkylation sites (N-methyl/N-ethyl adjacent to an activating group) is 1. The van der Waals surface area contributed by atoms with Gasteiger partial charge < -0.3 is 4.90 Å². The summed E-state index contributed by atoms with van der Waals surface area (Å²) in [6.07, 6.45) is 2.05. The summed E-state index contributed by atoms with van der Waals surface area (Å²) in [4.78, 5) is 26.2. The summed E-state index contributed by atoms with van der Waals surface area (Å²) in [5, 5.41) is 0. The van der Waals surface area contributed by atoms with Gasteiger partial charge in [0.1, 0.15) is 6.04 Å². The smallest absolute Gasteiger partial charge is 0.243 e. The lowest BCUT2D eigenvalue weighted by Gasteiger charge is -2.36. The minimum Gasteiger partial charge on any atom is -0.338 e. The Balaban J connectivity index is 2.33. The van der Waals surface area contributed by atoms with Crippen molar-refractivity contribution in [3.8, 4) is 0 Å². The first-order valence-electron chi connectivity index (χ1n) is 9.24. The summed E-state index contributed by atoms with van der Waals surface area (Å²) < 4.78 is 27.7. The molecular weight excluding hydrogens is 364 g/mol. The molecule has 0 aromatic heterocycles. The van der Waals surface area contributed by atoms with Crippen molar-refractivity contribution in [2.75, 3.05) is 19.6 Å². The molecule has 0 radical (unpaired) electrons. The van der Waals surface area contributed by atoms with E-state index < -0.39 is 16.1 Å². The highest BCUT2D eigenvalue weighted by atomic mass is 32.2. The molecule has 1 aliphatic heterocycles. The van der Waals surface area contributed by atoms with Crippen molar-refractivity contribution in [1.29, 1.82) is 0 Å². The second-order valence-electron chi connectivity index (χ2n) is 7.02. The molecule has 1 aromatic rings. The number of benzene rings is 1. The molecule has 0 saturated carbocycles. The first-order valence-corrected chi connectivity index (χ1v) is 10.7. The van der Waals surface area contributed by atoms with Crippen LogP contribution >= 0.6 is 0 Å². The molecule has 1 aromatic carbocycles. The van der Waals surface area contributed by atoms with Gasteiger partial charge in [0.05, 0.1) is 4.90 Å². The van der Waals surface area contributed by atoms with Gasteiger partial charge in [0.2, 0.25) is 15.9 Å². The van der Waals surface area contributed by atoms with Crippen LogP contribution in [0.1, 0.15) is 50.4 Å². The number of nitrogens with zero attached hydrogens (tertiary/aromatic N) is 2. The second kappa shape index (κ2) is 8.80. The first-order chi connectivity index (χ1) is 12.7. The molecule has 1 heterocycles. The molecule has 1 atom stereocenters. The SMILES string of the molecule is C=C(C)CN(CC)C(=O)C1CCCCN1S(=O)(=O)c1ccc(C(C)=O)cc1. The van der Waals surface area contributed by atoms with Crippen LogP contribution in [0, 0.1) is 0 Å². The Kier molecular flexibility index (Phi) is 6.95. The van der Waals surface area contributed by atoms with Crippen molar-refractivity contribution in [1.82, 2.24) is 9.21 Å². The van der Waals surface area contributed by atoms with Crippen molar-refractivity contribution >= 4 is 21.7 Å². The molecule has 1 fully saturated rings. The molecule has 148 valence electrons. The monoisotopic (exact) mass is 392 g/mol. The summed E-state index contributed by atoms with van der Waals surface area (Å²) in [6, 6.07) is 5.20. The Hall–Kier alpha value is -1.99. The van der Waals surface area contributed by atoms with Crippen LogP contribution in [0.3, 0.4) is 0 Å². The number of Topliss-reactive ketones (excluding diaryl/α,β-unsaturated/α-hetero) is 1. The van der Waals surface area contributed by atoms with Crippen molar-refractivity contribution in [2.24, 2.45) is 0 Å². The Labute approximate surface area is 161 Å². The lowest BCUT2D eigenvalue weighted by molar-refractivity contribution is -0.135. The maximum absolute atomic E-state index is 13.2. The van der Waals surface area contributed by atoms with Gasteiger partial charge in [-0.1, -0.05) is 30.7 Å². The lowest BCUT2D eigenvalue weighted by atomic mass is 10.0. The van der Waals surface area contributed by atoms with Gasteiger partial charge >= 0.3 is 0 Å². The molecule has 2 rings (SSSR count). The Bertz CT molecular complexity index is 815. The summed E-state index contributed by atoms with van der Waals surface area (Å²) >= 11 is 0. The molecule has 1 aliphatic rings. The predicted molar refractivity (Wildman–Crippen MR) is 105 cm³/mol. The van der Waals surface area contributed by atoms with Gasteiger partial charge in [-0.3, -0.25) is 9.59 Å². The highest BCUT2D eigenvalue weighted by Crippen LogP contribution is 2.27. The highest BCUT2D eigenvalue weighted by Gasteiger charge is 2.39. The van der Waals surface area contributed by atoms with E-state index in [9.17, 15) is 18.0 Å². The Morgan fingerprint density at radius 2 is 1.81 bits per heavy atom. The number of piperidine rings is 1. The Morgan fingerprint density at radius 3 is 2.33 bits per heavy atom. The van der Waals surface area contributed by atoms with Crippen LogP contribution in [0.4, 0.5) is 0 Å². The van der Waals surface area contributed by atoms with E-state index in [-0.39, 0.29) is 16.6 Å². The fourth-order valence-corrected chi connectivity index (χ4v) is 4.97. The zero-order valence-corrected chi connectivity index (χ0v) is 17.1. The summed E-state index contributed by atoms with van der Waals surface area (Å²) in [5.74, 6) is -0.299. The number of sulfonamides is 1. The zero-order chi connectivity index (χ0) is 20.2. The average molecular weight is 393 g/mol. The van der Waals surface area contributed by atoms with Crippen LogP contribution in [-0.4, -0.2) is 55.0 Å². The van der Waals surface area contributed by atoms with Gasteiger partial charge in [0.25, 0.3) is 0 Å². The van der Waals surface area contributed by atoms with Gasteiger partial charge in [-0.15, -0.1) is 0 Å². The van der Waals surface area contributed by atoms with E-state index in [1.54, 1.807) is 4.90 Å². The van der Waals surface area contributed by atoms with E-state index >= 15 is 0 Å². The fraction of sp³-hybridized carbons (Fsp3) is 0.500. The minimum absolute atomic E-state index is 0.107. The van der Waals surface area contributed by atoms with Crippen LogP contribution in [-0.2, 0) is 14.8 Å². The number of carbonyl (C=O) groups is 2. The zero-order valence-electron chi connectivity index (χ0n) is 16.3. The molecule has 7 heteroatoms. The van der Waals surface area contributed by atoms with Crippen LogP contribution < -0.4 is 0 Å². The van der Waals surface area contributed by atoms with E-state index in [1.165, 1.54) is 35.5 Å². The van der Waals surface area contributed by atoms with Crippen LogP contribution in [0.25, 0.3) is 0 Å². The van der Waals surface area contributed by atoms with E-state index in [2.05, 4.69) is 6.58 Å². The molecule has 1 amide bonds. The number of amides is 1. The van der Waals surface area contributed by atoms with E-state index in [0.717, 1.165) is 18.4 Å². The third-order valence-electron chi connectivity index (χ3n) is 4.76. The van der Waals surface area contributed by atoms with Crippen LogP contribution in [0.15, 0.2) is 41.3 Å². The van der Waals surface area contributed by atoms with Gasteiger partial charge in [-0.25, -0.2) is 8.42 Å². The van der Waals surface area contributed by atoms with E-state index in [0.29, 0.717) is 31.6 Å². The number of hydrogen-bond donors (Lipinski definition) is 0. The van der Waals surface area contributed by atoms with Crippen molar-refractivity contribution in [3.63, 3.8) is 0 Å². The van der Waals surface area contributed by atoms with Crippen molar-refractivity contribution in [2.45, 2.75) is 51.0 Å². The molecule has 1 unspecified atom stereocenters. The molecule has 0 N–H and O–H groups in total. The number of rotatable bonds is 7. The summed E-state index contributed by atoms with van der Waals surface area (Å²) in [7, 11) is -3.82. The fourth-order valence-electron chi connectivity index (χ4n) is 3.32. The van der Waals surface area contributed by atoms with Gasteiger partial charge in [-0.2, -0.15) is 4.31 Å². The largest absolute Gasteiger partial charge is 0.338 e. The number of hydrogen-bond acceptors (Lipinski definition) is 4. The molecule has 6 nitrogen and oxygen atoms in total. The number of ketones is 1. The minimum atomic E-state index is -3.82. The van der Waals surface area contributed by atoms with Gasteiger partial charge in [0, 0.05) is 25.2 Å². The topological polar surface area (TPSA) is 74.8 Å². The first kappa shape index (κ1) is 21.3.